The second-order valence-corrected chi connectivity index (χ2v) is 6.08. The summed E-state index contributed by atoms with van der Waals surface area (Å²) in [5, 5.41) is 10.4. The van der Waals surface area contributed by atoms with Crippen molar-refractivity contribution in [3.63, 3.8) is 0 Å². The maximum absolute atomic E-state index is 12.7. The highest BCUT2D eigenvalue weighted by Crippen LogP contribution is 2.28. The number of benzene rings is 2. The van der Waals surface area contributed by atoms with Gasteiger partial charge in [-0.1, -0.05) is 30.3 Å². The van der Waals surface area contributed by atoms with Crippen LogP contribution in [0.5, 0.6) is 5.75 Å². The van der Waals surface area contributed by atoms with Crippen molar-refractivity contribution in [3.05, 3.63) is 60.2 Å². The molecule has 0 aliphatic carbocycles. The van der Waals surface area contributed by atoms with Gasteiger partial charge >= 0.3 is 12.6 Å². The molecule has 0 aromatic heterocycles. The van der Waals surface area contributed by atoms with Gasteiger partial charge in [0.2, 0.25) is 0 Å². The van der Waals surface area contributed by atoms with E-state index in [2.05, 4.69) is 4.74 Å². The van der Waals surface area contributed by atoms with Gasteiger partial charge in [-0.25, -0.2) is 4.79 Å². The Morgan fingerprint density at radius 1 is 1.07 bits per heavy atom. The smallest absolute Gasteiger partial charge is 0.387 e. The Morgan fingerprint density at radius 2 is 1.70 bits per heavy atom. The Balaban J connectivity index is 1.73. The molecule has 0 radical (unpaired) electrons. The molecule has 0 bridgehead atoms. The van der Waals surface area contributed by atoms with E-state index in [0.717, 1.165) is 4.90 Å². The lowest BCUT2D eigenvalue weighted by molar-refractivity contribution is -0.127. The van der Waals surface area contributed by atoms with Gasteiger partial charge in [-0.05, 0) is 36.8 Å². The van der Waals surface area contributed by atoms with E-state index in [1.807, 2.05) is 0 Å². The van der Waals surface area contributed by atoms with Crippen molar-refractivity contribution < 1.29 is 28.2 Å². The van der Waals surface area contributed by atoms with Crippen LogP contribution < -0.4 is 9.64 Å². The van der Waals surface area contributed by atoms with Crippen LogP contribution in [0, 0.1) is 0 Å². The number of halogens is 2. The second kappa shape index (κ2) is 7.71. The van der Waals surface area contributed by atoms with Crippen LogP contribution in [-0.4, -0.2) is 41.1 Å². The predicted octanol–water partition coefficient (Wildman–Crippen LogP) is 3.18. The van der Waals surface area contributed by atoms with Gasteiger partial charge in [0, 0.05) is 5.69 Å². The number of carbonyl (C=O) groups excluding carboxylic acids is 2. The first-order chi connectivity index (χ1) is 12.9. The summed E-state index contributed by atoms with van der Waals surface area (Å²) >= 11 is 0. The molecule has 2 aromatic carbocycles. The number of β-amino-alcohol motifs (C(OH)–C–C–N with tert-alkyl or cyclic N) is 1. The van der Waals surface area contributed by atoms with Crippen molar-refractivity contribution in [2.75, 3.05) is 11.4 Å². The third-order valence-electron chi connectivity index (χ3n) is 4.33. The molecule has 0 unspecified atom stereocenters. The summed E-state index contributed by atoms with van der Waals surface area (Å²) in [5.74, 6) is -0.460. The molecular formula is C19H18F2N2O4. The number of anilines is 1. The average molecular weight is 376 g/mol. The third-order valence-corrected chi connectivity index (χ3v) is 4.33. The summed E-state index contributed by atoms with van der Waals surface area (Å²) in [6.07, 6.45) is -1.15. The number of urea groups is 1. The summed E-state index contributed by atoms with van der Waals surface area (Å²) in [6.45, 7) is -1.55. The lowest BCUT2D eigenvalue weighted by atomic mass is 10.1. The van der Waals surface area contributed by atoms with Crippen LogP contribution in [-0.2, 0) is 4.79 Å². The van der Waals surface area contributed by atoms with Crippen molar-refractivity contribution in [2.24, 2.45) is 0 Å². The van der Waals surface area contributed by atoms with Gasteiger partial charge in [-0.2, -0.15) is 8.78 Å². The Bertz CT molecular complexity index is 814. The number of carbonyl (C=O) groups is 2. The lowest BCUT2D eigenvalue weighted by Crippen LogP contribution is -2.36. The fraction of sp³-hybridized carbons (Fsp3) is 0.263. The van der Waals surface area contributed by atoms with Crippen molar-refractivity contribution in [1.82, 2.24) is 4.90 Å². The van der Waals surface area contributed by atoms with E-state index in [4.69, 9.17) is 0 Å². The molecule has 1 aliphatic rings. The highest BCUT2D eigenvalue weighted by Gasteiger charge is 2.43. The Labute approximate surface area is 154 Å². The van der Waals surface area contributed by atoms with Crippen LogP contribution in [0.1, 0.15) is 18.6 Å². The Kier molecular flexibility index (Phi) is 5.36. The van der Waals surface area contributed by atoms with E-state index in [1.54, 1.807) is 37.3 Å². The number of aliphatic hydroxyl groups excluding tert-OH is 1. The molecule has 1 saturated heterocycles. The summed E-state index contributed by atoms with van der Waals surface area (Å²) in [5.41, 5.74) is 0.969. The number of aliphatic hydroxyl groups is 1. The molecule has 1 fully saturated rings. The van der Waals surface area contributed by atoms with Gasteiger partial charge in [0.1, 0.15) is 11.8 Å². The van der Waals surface area contributed by atoms with E-state index in [0.29, 0.717) is 11.3 Å². The maximum Gasteiger partial charge on any atom is 0.387 e. The predicted molar refractivity (Wildman–Crippen MR) is 93.5 cm³/mol. The molecule has 0 spiro atoms. The van der Waals surface area contributed by atoms with Gasteiger partial charge in [-0.3, -0.25) is 14.6 Å². The molecule has 2 aromatic rings. The first kappa shape index (κ1) is 18.8. The Hall–Kier alpha value is -3.00. The fourth-order valence-electron chi connectivity index (χ4n) is 2.97. The van der Waals surface area contributed by atoms with Gasteiger partial charge in [-0.15, -0.1) is 0 Å². The zero-order chi connectivity index (χ0) is 19.6. The average Bonchev–Trinajstić information content (AvgIpc) is 2.86. The number of hydrogen-bond donors (Lipinski definition) is 1. The van der Waals surface area contributed by atoms with E-state index in [1.165, 1.54) is 29.2 Å². The zero-order valence-electron chi connectivity index (χ0n) is 14.5. The molecule has 2 atom stereocenters. The van der Waals surface area contributed by atoms with Gasteiger partial charge in [0.05, 0.1) is 12.6 Å². The number of hydrogen-bond acceptors (Lipinski definition) is 4. The molecule has 27 heavy (non-hydrogen) atoms. The van der Waals surface area contributed by atoms with Crippen LogP contribution in [0.25, 0.3) is 0 Å². The standard InChI is InChI=1S/C19H18F2N2O4/c1-12-17(25)22(19(26)23(12)14-5-3-2-4-6-14)11-16(24)13-7-9-15(10-8-13)27-18(20)21/h2-10,12,16,18,24H,11H2,1H3/t12-,16-/m1/s1. The van der Waals surface area contributed by atoms with E-state index in [-0.39, 0.29) is 12.3 Å². The Morgan fingerprint density at radius 3 is 2.30 bits per heavy atom. The molecular weight excluding hydrogens is 358 g/mol. The molecule has 3 amide bonds. The van der Waals surface area contributed by atoms with Crippen LogP contribution >= 0.6 is 0 Å². The third kappa shape index (κ3) is 3.90. The normalized spacial score (nSPS) is 18.3. The summed E-state index contributed by atoms with van der Waals surface area (Å²) in [6, 6.07) is 13.0. The van der Waals surface area contributed by atoms with Gasteiger partial charge in [0.15, 0.2) is 0 Å². The van der Waals surface area contributed by atoms with Crippen LogP contribution in [0.2, 0.25) is 0 Å². The SMILES string of the molecule is C[C@@H]1C(=O)N(C[C@@H](O)c2ccc(OC(F)F)cc2)C(=O)N1c1ccccc1. The first-order valence-corrected chi connectivity index (χ1v) is 8.31. The summed E-state index contributed by atoms with van der Waals surface area (Å²) < 4.78 is 28.6. The lowest BCUT2D eigenvalue weighted by Gasteiger charge is -2.20. The molecule has 6 nitrogen and oxygen atoms in total. The summed E-state index contributed by atoms with van der Waals surface area (Å²) in [7, 11) is 0. The molecule has 1 aliphatic heterocycles. The summed E-state index contributed by atoms with van der Waals surface area (Å²) in [4.78, 5) is 27.5. The second-order valence-electron chi connectivity index (χ2n) is 6.08. The number of imide groups is 1. The fourth-order valence-corrected chi connectivity index (χ4v) is 2.97. The van der Waals surface area contributed by atoms with Gasteiger partial charge < -0.3 is 9.84 Å². The number of nitrogens with zero attached hydrogens (tertiary/aromatic N) is 2. The topological polar surface area (TPSA) is 70.1 Å². The number of rotatable bonds is 6. The zero-order valence-corrected chi connectivity index (χ0v) is 14.5. The number of ether oxygens (including phenoxy) is 1. The number of amides is 3. The molecule has 142 valence electrons. The molecule has 1 heterocycles. The first-order valence-electron chi connectivity index (χ1n) is 8.31. The number of alkyl halides is 2. The highest BCUT2D eigenvalue weighted by molar-refractivity contribution is 6.14. The van der Waals surface area contributed by atoms with Crippen LogP contribution in [0.3, 0.4) is 0 Å². The number of para-hydroxylation sites is 1. The molecule has 1 N–H and O–H groups in total. The van der Waals surface area contributed by atoms with Crippen molar-refractivity contribution in [1.29, 1.82) is 0 Å². The highest BCUT2D eigenvalue weighted by atomic mass is 19.3. The maximum atomic E-state index is 12.7. The van der Waals surface area contributed by atoms with Crippen molar-refractivity contribution in [3.8, 4) is 5.75 Å². The molecule has 3 rings (SSSR count). The monoisotopic (exact) mass is 376 g/mol. The minimum Gasteiger partial charge on any atom is -0.435 e. The quantitative estimate of drug-likeness (QED) is 0.786. The van der Waals surface area contributed by atoms with Crippen molar-refractivity contribution in [2.45, 2.75) is 25.7 Å². The minimum atomic E-state index is -2.94. The van der Waals surface area contributed by atoms with Crippen LogP contribution in [0.15, 0.2) is 54.6 Å². The molecule has 8 heteroatoms. The van der Waals surface area contributed by atoms with E-state index < -0.39 is 30.7 Å². The van der Waals surface area contributed by atoms with Crippen molar-refractivity contribution >= 4 is 17.6 Å². The molecule has 0 saturated carbocycles. The minimum absolute atomic E-state index is 0.0434. The largest absolute Gasteiger partial charge is 0.435 e. The van der Waals surface area contributed by atoms with Crippen LogP contribution in [0.4, 0.5) is 19.3 Å². The van der Waals surface area contributed by atoms with E-state index >= 15 is 0 Å². The van der Waals surface area contributed by atoms with Gasteiger partial charge in [0.25, 0.3) is 5.91 Å². The van der Waals surface area contributed by atoms with E-state index in [9.17, 15) is 23.5 Å².